The number of nitrogens with one attached hydrogen (secondary N) is 3. The Morgan fingerprint density at radius 2 is 1.92 bits per heavy atom. The average molecular weight is 361 g/mol. The second kappa shape index (κ2) is 7.80. The van der Waals surface area contributed by atoms with Crippen molar-refractivity contribution in [1.82, 2.24) is 10.2 Å². The number of carbonyl (C=O) groups excluding carboxylic acids is 1. The molecule has 1 aliphatic rings. The number of thiocarbonyl (C=S) groups is 1. The third-order valence-electron chi connectivity index (χ3n) is 3.89. The van der Waals surface area contributed by atoms with E-state index in [1.54, 1.807) is 7.05 Å². The quantitative estimate of drug-likeness (QED) is 0.680. The average Bonchev–Trinajstić information content (AvgIpc) is 2.54. The molecular formula is C15H20F3N4OS+. The molecule has 0 spiro atoms. The molecule has 24 heavy (non-hydrogen) atoms. The lowest BCUT2D eigenvalue weighted by atomic mass is 10.1. The molecule has 5 nitrogen and oxygen atoms in total. The van der Waals surface area contributed by atoms with E-state index in [1.165, 1.54) is 18.2 Å². The highest BCUT2D eigenvalue weighted by atomic mass is 32.1. The zero-order valence-corrected chi connectivity index (χ0v) is 14.1. The number of hydrogen-bond acceptors (Lipinski definition) is 2. The minimum Gasteiger partial charge on any atom is -0.366 e. The fourth-order valence-corrected chi connectivity index (χ4v) is 2.80. The van der Waals surface area contributed by atoms with Gasteiger partial charge in [0.05, 0.1) is 37.4 Å². The molecule has 2 rings (SSSR count). The molecule has 0 unspecified atom stereocenters. The summed E-state index contributed by atoms with van der Waals surface area (Å²) in [5.74, 6) is -0.425. The van der Waals surface area contributed by atoms with Crippen molar-refractivity contribution in [3.05, 3.63) is 29.8 Å². The molecule has 0 bridgehead atoms. The van der Waals surface area contributed by atoms with Crippen LogP contribution in [0.4, 0.5) is 18.9 Å². The van der Waals surface area contributed by atoms with Gasteiger partial charge in [-0.1, -0.05) is 12.1 Å². The zero-order chi connectivity index (χ0) is 17.7. The van der Waals surface area contributed by atoms with Gasteiger partial charge in [0.15, 0.2) is 11.7 Å². The highest BCUT2D eigenvalue weighted by Gasteiger charge is 2.34. The maximum absolute atomic E-state index is 12.9. The highest BCUT2D eigenvalue weighted by molar-refractivity contribution is 7.80. The third kappa shape index (κ3) is 4.81. The van der Waals surface area contributed by atoms with Crippen LogP contribution in [-0.2, 0) is 11.0 Å². The lowest BCUT2D eigenvalue weighted by Crippen LogP contribution is -3.15. The number of quaternary nitrogens is 1. The summed E-state index contributed by atoms with van der Waals surface area (Å²) in [6.07, 6.45) is -4.49. The number of para-hydroxylation sites is 1. The van der Waals surface area contributed by atoms with E-state index >= 15 is 0 Å². The molecule has 0 aromatic heterocycles. The van der Waals surface area contributed by atoms with Crippen molar-refractivity contribution < 1.29 is 22.9 Å². The lowest BCUT2D eigenvalue weighted by molar-refractivity contribution is -0.895. The topological polar surface area (TPSA) is 48.8 Å². The molecule has 1 saturated heterocycles. The summed E-state index contributed by atoms with van der Waals surface area (Å²) in [6, 6.07) is 4.99. The molecule has 1 aliphatic heterocycles. The number of anilines is 1. The lowest BCUT2D eigenvalue weighted by Gasteiger charge is -2.33. The van der Waals surface area contributed by atoms with Gasteiger partial charge in [-0.2, -0.15) is 13.2 Å². The smallest absolute Gasteiger partial charge is 0.366 e. The van der Waals surface area contributed by atoms with Gasteiger partial charge in [0.1, 0.15) is 0 Å². The van der Waals surface area contributed by atoms with Crippen LogP contribution in [0.2, 0.25) is 0 Å². The van der Waals surface area contributed by atoms with Crippen LogP contribution < -0.4 is 15.5 Å². The Hall–Kier alpha value is -1.87. The summed E-state index contributed by atoms with van der Waals surface area (Å²) in [5, 5.41) is 5.95. The first-order chi connectivity index (χ1) is 11.3. The molecule has 1 aromatic rings. The minimum absolute atomic E-state index is 0.131. The maximum atomic E-state index is 12.9. The fraction of sp³-hybridized carbons (Fsp3) is 0.467. The van der Waals surface area contributed by atoms with Crippen LogP contribution in [0.25, 0.3) is 0 Å². The Bertz CT molecular complexity index is 601. The van der Waals surface area contributed by atoms with E-state index in [-0.39, 0.29) is 12.2 Å². The summed E-state index contributed by atoms with van der Waals surface area (Å²) in [4.78, 5) is 15.1. The summed E-state index contributed by atoms with van der Waals surface area (Å²) in [6.45, 7) is 2.96. The van der Waals surface area contributed by atoms with Gasteiger partial charge < -0.3 is 20.4 Å². The summed E-state index contributed by atoms with van der Waals surface area (Å²) in [7, 11) is 1.76. The number of piperazine rings is 1. The number of carbonyl (C=O) groups is 1. The first-order valence-electron chi connectivity index (χ1n) is 7.57. The Labute approximate surface area is 143 Å². The van der Waals surface area contributed by atoms with Gasteiger partial charge in [0.2, 0.25) is 0 Å². The Kier molecular flexibility index (Phi) is 6.00. The zero-order valence-electron chi connectivity index (χ0n) is 13.2. The van der Waals surface area contributed by atoms with Gasteiger partial charge in [0, 0.05) is 7.05 Å². The number of hydrogen-bond donors (Lipinski definition) is 3. The van der Waals surface area contributed by atoms with Crippen molar-refractivity contribution in [2.24, 2.45) is 0 Å². The van der Waals surface area contributed by atoms with Gasteiger partial charge in [-0.15, -0.1) is 0 Å². The molecule has 1 heterocycles. The number of nitrogens with zero attached hydrogens (tertiary/aromatic N) is 1. The predicted molar refractivity (Wildman–Crippen MR) is 88.9 cm³/mol. The molecule has 0 atom stereocenters. The van der Waals surface area contributed by atoms with Crippen molar-refractivity contribution >= 4 is 28.9 Å². The molecule has 9 heteroatoms. The van der Waals surface area contributed by atoms with Gasteiger partial charge in [-0.25, -0.2) is 0 Å². The van der Waals surface area contributed by atoms with Crippen molar-refractivity contribution in [3.63, 3.8) is 0 Å². The first-order valence-corrected chi connectivity index (χ1v) is 7.98. The van der Waals surface area contributed by atoms with Crippen molar-refractivity contribution in [2.45, 2.75) is 6.18 Å². The molecule has 1 amide bonds. The third-order valence-corrected chi connectivity index (χ3v) is 4.35. The van der Waals surface area contributed by atoms with Crippen LogP contribution in [0.1, 0.15) is 5.56 Å². The van der Waals surface area contributed by atoms with Crippen molar-refractivity contribution in [2.75, 3.05) is 45.1 Å². The van der Waals surface area contributed by atoms with Crippen molar-refractivity contribution in [1.29, 1.82) is 0 Å². The van der Waals surface area contributed by atoms with Crippen molar-refractivity contribution in [3.8, 4) is 0 Å². The van der Waals surface area contributed by atoms with Crippen LogP contribution >= 0.6 is 12.2 Å². The van der Waals surface area contributed by atoms with E-state index in [0.717, 1.165) is 11.0 Å². The number of alkyl halides is 3. The van der Waals surface area contributed by atoms with E-state index in [0.29, 0.717) is 31.3 Å². The standard InChI is InChI=1S/C15H19F3N4OS/c1-19-14(24)22-8-6-21(7-9-22)10-13(23)20-12-5-3-2-4-11(12)15(16,17)18/h2-5H,6-10H2,1H3,(H,19,24)(H,20,23)/p+1. The van der Waals surface area contributed by atoms with Gasteiger partial charge in [0.25, 0.3) is 5.91 Å². The summed E-state index contributed by atoms with van der Waals surface area (Å²) >= 11 is 5.16. The number of rotatable bonds is 3. The molecule has 3 N–H and O–H groups in total. The molecular weight excluding hydrogens is 341 g/mol. The summed E-state index contributed by atoms with van der Waals surface area (Å²) < 4.78 is 38.8. The molecule has 1 aromatic carbocycles. The number of benzene rings is 1. The van der Waals surface area contributed by atoms with Crippen LogP contribution in [0, 0.1) is 0 Å². The van der Waals surface area contributed by atoms with Crippen LogP contribution in [-0.4, -0.2) is 55.7 Å². The minimum atomic E-state index is -4.49. The molecule has 1 fully saturated rings. The molecule has 0 radical (unpaired) electrons. The Balaban J connectivity index is 1.90. The second-order valence-electron chi connectivity index (χ2n) is 5.56. The monoisotopic (exact) mass is 361 g/mol. The summed E-state index contributed by atoms with van der Waals surface area (Å²) in [5.41, 5.74) is -1.04. The van der Waals surface area contributed by atoms with E-state index in [4.69, 9.17) is 12.2 Å². The Morgan fingerprint density at radius 1 is 1.29 bits per heavy atom. The number of amides is 1. The molecule has 0 aliphatic carbocycles. The molecule has 0 saturated carbocycles. The molecule has 132 valence electrons. The highest BCUT2D eigenvalue weighted by Crippen LogP contribution is 2.34. The van der Waals surface area contributed by atoms with E-state index in [2.05, 4.69) is 10.6 Å². The van der Waals surface area contributed by atoms with Crippen LogP contribution in [0.3, 0.4) is 0 Å². The fourth-order valence-electron chi connectivity index (χ4n) is 2.62. The van der Waals surface area contributed by atoms with E-state index in [9.17, 15) is 18.0 Å². The van der Waals surface area contributed by atoms with Gasteiger partial charge in [-0.05, 0) is 24.4 Å². The van der Waals surface area contributed by atoms with Crippen LogP contribution in [0.15, 0.2) is 24.3 Å². The Morgan fingerprint density at radius 3 is 2.50 bits per heavy atom. The normalized spacial score (nSPS) is 15.9. The van der Waals surface area contributed by atoms with Gasteiger partial charge in [-0.3, -0.25) is 4.79 Å². The van der Waals surface area contributed by atoms with Crippen LogP contribution in [0.5, 0.6) is 0 Å². The van der Waals surface area contributed by atoms with E-state index in [1.807, 2.05) is 4.90 Å². The number of halogens is 3. The van der Waals surface area contributed by atoms with Gasteiger partial charge >= 0.3 is 6.18 Å². The maximum Gasteiger partial charge on any atom is 0.418 e. The first kappa shape index (κ1) is 18.5. The SMILES string of the molecule is CNC(=S)N1CC[NH+](CC(=O)Nc2ccccc2C(F)(F)F)CC1. The van der Waals surface area contributed by atoms with E-state index < -0.39 is 17.6 Å². The second-order valence-corrected chi connectivity index (χ2v) is 5.95. The predicted octanol–water partition coefficient (Wildman–Crippen LogP) is 0.349. The largest absolute Gasteiger partial charge is 0.418 e.